The molecule has 0 bridgehead atoms. The normalized spacial score (nSPS) is 9.23. The predicted molar refractivity (Wildman–Crippen MR) is 87.6 cm³/mol. The van der Waals surface area contributed by atoms with Gasteiger partial charge in [-0.15, -0.1) is 0 Å². The number of anilines is 1. The summed E-state index contributed by atoms with van der Waals surface area (Å²) in [5.74, 6) is 0. The molecule has 0 saturated heterocycles. The molecule has 112 valence electrons. The van der Waals surface area contributed by atoms with Crippen molar-refractivity contribution < 1.29 is 0 Å². The van der Waals surface area contributed by atoms with E-state index in [9.17, 15) is 5.26 Å². The molecule has 0 aromatic heterocycles. The van der Waals surface area contributed by atoms with Crippen molar-refractivity contribution in [2.45, 2.75) is 33.1 Å². The molecule has 0 atom stereocenters. The largest absolute Gasteiger partial charge is 0.372 e. The number of hydrogen-bond donors (Lipinski definition) is 0. The van der Waals surface area contributed by atoms with Crippen molar-refractivity contribution in [2.75, 3.05) is 18.0 Å². The Bertz CT molecular complexity index is 620. The third kappa shape index (κ3) is 4.37. The van der Waals surface area contributed by atoms with Gasteiger partial charge in [-0.1, -0.05) is 32.4 Å². The molecular formula is C18H20N4. The SMILES string of the molecule is CCCCN(CCC)c1ccc(C(C#N)=C(C#N)C#N)cc1. The fourth-order valence-corrected chi connectivity index (χ4v) is 2.23. The van der Waals surface area contributed by atoms with E-state index in [4.69, 9.17) is 10.5 Å². The van der Waals surface area contributed by atoms with Crippen LogP contribution in [0.3, 0.4) is 0 Å². The molecule has 0 unspecified atom stereocenters. The van der Waals surface area contributed by atoms with Crippen molar-refractivity contribution >= 4 is 11.3 Å². The Morgan fingerprint density at radius 2 is 1.55 bits per heavy atom. The Labute approximate surface area is 132 Å². The minimum atomic E-state index is -0.147. The molecule has 0 heterocycles. The van der Waals surface area contributed by atoms with Gasteiger partial charge in [0.2, 0.25) is 0 Å². The van der Waals surface area contributed by atoms with E-state index in [1.165, 1.54) is 0 Å². The van der Waals surface area contributed by atoms with Gasteiger partial charge in [-0.2, -0.15) is 15.8 Å². The van der Waals surface area contributed by atoms with Crippen molar-refractivity contribution in [3.8, 4) is 18.2 Å². The van der Waals surface area contributed by atoms with Crippen LogP contribution in [-0.4, -0.2) is 13.1 Å². The third-order valence-corrected chi connectivity index (χ3v) is 3.38. The molecule has 4 heteroatoms. The molecule has 0 spiro atoms. The maximum atomic E-state index is 9.17. The summed E-state index contributed by atoms with van der Waals surface area (Å²) in [6.45, 7) is 6.31. The van der Waals surface area contributed by atoms with Gasteiger partial charge in [0.1, 0.15) is 23.8 Å². The molecule has 0 saturated carbocycles. The zero-order valence-corrected chi connectivity index (χ0v) is 13.1. The molecule has 4 nitrogen and oxygen atoms in total. The predicted octanol–water partition coefficient (Wildman–Crippen LogP) is 4.03. The van der Waals surface area contributed by atoms with Crippen LogP contribution < -0.4 is 4.90 Å². The summed E-state index contributed by atoms with van der Waals surface area (Å²) in [7, 11) is 0. The zero-order valence-electron chi connectivity index (χ0n) is 13.1. The lowest BCUT2D eigenvalue weighted by Crippen LogP contribution is -2.25. The van der Waals surface area contributed by atoms with Gasteiger partial charge < -0.3 is 4.90 Å². The van der Waals surface area contributed by atoms with E-state index >= 15 is 0 Å². The lowest BCUT2D eigenvalue weighted by molar-refractivity contribution is 0.704. The number of nitriles is 3. The van der Waals surface area contributed by atoms with Crippen LogP contribution in [0.15, 0.2) is 29.8 Å². The van der Waals surface area contributed by atoms with Gasteiger partial charge in [0.15, 0.2) is 0 Å². The van der Waals surface area contributed by atoms with Crippen molar-refractivity contribution in [1.82, 2.24) is 0 Å². The smallest absolute Gasteiger partial charge is 0.148 e. The van der Waals surface area contributed by atoms with Gasteiger partial charge in [-0.05, 0) is 30.5 Å². The molecule has 1 rings (SSSR count). The molecule has 0 aliphatic carbocycles. The van der Waals surface area contributed by atoms with E-state index in [0.717, 1.165) is 38.0 Å². The summed E-state index contributed by atoms with van der Waals surface area (Å²) in [6, 6.07) is 13.0. The third-order valence-electron chi connectivity index (χ3n) is 3.38. The molecule has 0 aliphatic rings. The maximum Gasteiger partial charge on any atom is 0.148 e. The first-order chi connectivity index (χ1) is 10.7. The number of hydrogen-bond acceptors (Lipinski definition) is 4. The zero-order chi connectivity index (χ0) is 16.4. The lowest BCUT2D eigenvalue weighted by Gasteiger charge is -2.24. The van der Waals surface area contributed by atoms with Crippen molar-refractivity contribution in [1.29, 1.82) is 15.8 Å². The summed E-state index contributed by atoms with van der Waals surface area (Å²) in [6.07, 6.45) is 3.35. The average Bonchev–Trinajstić information content (AvgIpc) is 2.56. The monoisotopic (exact) mass is 292 g/mol. The highest BCUT2D eigenvalue weighted by Crippen LogP contribution is 2.22. The van der Waals surface area contributed by atoms with E-state index < -0.39 is 0 Å². The van der Waals surface area contributed by atoms with Gasteiger partial charge in [0, 0.05) is 18.8 Å². The van der Waals surface area contributed by atoms with Gasteiger partial charge in [0.25, 0.3) is 0 Å². The fraction of sp³-hybridized carbons (Fsp3) is 0.389. The van der Waals surface area contributed by atoms with Gasteiger partial charge in [-0.25, -0.2) is 0 Å². The molecule has 0 aliphatic heterocycles. The summed E-state index contributed by atoms with van der Waals surface area (Å²) in [4.78, 5) is 2.32. The Balaban J connectivity index is 3.08. The molecule has 1 aromatic carbocycles. The second kappa shape index (κ2) is 9.22. The fourth-order valence-electron chi connectivity index (χ4n) is 2.23. The number of nitrogens with zero attached hydrogens (tertiary/aromatic N) is 4. The van der Waals surface area contributed by atoms with E-state index in [-0.39, 0.29) is 11.1 Å². The second-order valence-corrected chi connectivity index (χ2v) is 4.97. The first-order valence-corrected chi connectivity index (χ1v) is 7.51. The van der Waals surface area contributed by atoms with Crippen LogP contribution in [0.5, 0.6) is 0 Å². The second-order valence-electron chi connectivity index (χ2n) is 4.97. The number of benzene rings is 1. The van der Waals surface area contributed by atoms with Crippen LogP contribution in [-0.2, 0) is 0 Å². The highest BCUT2D eigenvalue weighted by Gasteiger charge is 2.10. The average molecular weight is 292 g/mol. The highest BCUT2D eigenvalue weighted by atomic mass is 15.1. The quantitative estimate of drug-likeness (QED) is 0.711. The maximum absolute atomic E-state index is 9.17. The standard InChI is InChI=1S/C18H20N4/c1-3-5-11-22(10-4-2)17-8-6-15(7-9-17)18(14-21)16(12-19)13-20/h6-9H,3-5,10-11H2,1-2H3. The highest BCUT2D eigenvalue weighted by molar-refractivity contribution is 5.84. The minimum Gasteiger partial charge on any atom is -0.372 e. The summed E-state index contributed by atoms with van der Waals surface area (Å²) < 4.78 is 0. The van der Waals surface area contributed by atoms with Crippen LogP contribution in [0.1, 0.15) is 38.7 Å². The molecule has 1 aromatic rings. The Hall–Kier alpha value is -2.77. The number of unbranched alkanes of at least 4 members (excludes halogenated alkanes) is 1. The van der Waals surface area contributed by atoms with Crippen LogP contribution in [0.4, 0.5) is 5.69 Å². The van der Waals surface area contributed by atoms with Gasteiger partial charge in [0.05, 0.1) is 5.57 Å². The number of allylic oxidation sites excluding steroid dienone is 2. The van der Waals surface area contributed by atoms with Crippen LogP contribution in [0.25, 0.3) is 5.57 Å². The topological polar surface area (TPSA) is 74.6 Å². The summed E-state index contributed by atoms with van der Waals surface area (Å²) in [5, 5.41) is 27.0. The minimum absolute atomic E-state index is 0.132. The molecule has 0 amide bonds. The van der Waals surface area contributed by atoms with Crippen LogP contribution in [0, 0.1) is 34.0 Å². The number of rotatable bonds is 7. The van der Waals surface area contributed by atoms with Crippen molar-refractivity contribution in [2.24, 2.45) is 0 Å². The van der Waals surface area contributed by atoms with Gasteiger partial charge >= 0.3 is 0 Å². The lowest BCUT2D eigenvalue weighted by atomic mass is 10.0. The molecule has 0 N–H and O–H groups in total. The van der Waals surface area contributed by atoms with Crippen LogP contribution in [0.2, 0.25) is 0 Å². The van der Waals surface area contributed by atoms with Crippen molar-refractivity contribution in [3.05, 3.63) is 35.4 Å². The molecule has 22 heavy (non-hydrogen) atoms. The van der Waals surface area contributed by atoms with Crippen LogP contribution >= 0.6 is 0 Å². The van der Waals surface area contributed by atoms with E-state index in [0.29, 0.717) is 5.56 Å². The Kier molecular flexibility index (Phi) is 7.24. The first-order valence-electron chi connectivity index (χ1n) is 7.51. The first kappa shape index (κ1) is 17.3. The van der Waals surface area contributed by atoms with Gasteiger partial charge in [-0.3, -0.25) is 0 Å². The molecule has 0 radical (unpaired) electrons. The molecular weight excluding hydrogens is 272 g/mol. The summed E-state index contributed by atoms with van der Waals surface area (Å²) in [5.41, 5.74) is 1.70. The Morgan fingerprint density at radius 1 is 0.909 bits per heavy atom. The van der Waals surface area contributed by atoms with E-state index in [1.54, 1.807) is 24.3 Å². The molecule has 0 fully saturated rings. The van der Waals surface area contributed by atoms with E-state index in [2.05, 4.69) is 18.7 Å². The van der Waals surface area contributed by atoms with Crippen molar-refractivity contribution in [3.63, 3.8) is 0 Å². The van der Waals surface area contributed by atoms with E-state index in [1.807, 2.05) is 18.2 Å². The summed E-state index contributed by atoms with van der Waals surface area (Å²) >= 11 is 0. The Morgan fingerprint density at radius 3 is 2.00 bits per heavy atom.